The first-order valence-corrected chi connectivity index (χ1v) is 8.83. The molecule has 2 saturated carbocycles. The zero-order chi connectivity index (χ0) is 14.2. The summed E-state index contributed by atoms with van der Waals surface area (Å²) >= 11 is 3.21. The maximum Gasteiger partial charge on any atom is 0.237 e. The Morgan fingerprint density at radius 3 is 2.95 bits per heavy atom. The predicted molar refractivity (Wildman–Crippen MR) is 80.9 cm³/mol. The van der Waals surface area contributed by atoms with Gasteiger partial charge < -0.3 is 11.1 Å². The van der Waals surface area contributed by atoms with Crippen molar-refractivity contribution < 1.29 is 4.79 Å². The van der Waals surface area contributed by atoms with E-state index in [9.17, 15) is 4.79 Å². The van der Waals surface area contributed by atoms with E-state index >= 15 is 0 Å². The maximum absolute atomic E-state index is 11.9. The zero-order valence-corrected chi connectivity index (χ0v) is 13.2. The minimum absolute atomic E-state index is 0.195. The number of carbonyl (C=O) groups is 1. The number of primary amides is 1. The summed E-state index contributed by atoms with van der Waals surface area (Å²) in [6.45, 7) is 2.06. The third-order valence-corrected chi connectivity index (χ3v) is 6.12. The van der Waals surface area contributed by atoms with E-state index in [1.54, 1.807) is 11.8 Å². The lowest BCUT2D eigenvalue weighted by Crippen LogP contribution is -2.54. The molecule has 3 rings (SSSR count). The number of amides is 1. The van der Waals surface area contributed by atoms with E-state index in [1.165, 1.54) is 24.4 Å². The normalized spacial score (nSPS) is 29.8. The number of carbonyl (C=O) groups excluding carboxylic acids is 1. The lowest BCUT2D eigenvalue weighted by Gasteiger charge is -2.27. The molecule has 110 valence electrons. The van der Waals surface area contributed by atoms with Gasteiger partial charge in [0.05, 0.1) is 5.54 Å². The van der Waals surface area contributed by atoms with Gasteiger partial charge in [-0.3, -0.25) is 4.79 Å². The number of thioether (sulfide) groups is 1. The van der Waals surface area contributed by atoms with Gasteiger partial charge in [0.2, 0.25) is 5.91 Å². The van der Waals surface area contributed by atoms with Crippen LogP contribution in [-0.4, -0.2) is 32.1 Å². The second-order valence-corrected chi connectivity index (χ2v) is 7.98. The molecule has 5 nitrogen and oxygen atoms in total. The predicted octanol–water partition coefficient (Wildman–Crippen LogP) is 1.72. The zero-order valence-electron chi connectivity index (χ0n) is 11.6. The highest BCUT2D eigenvalue weighted by Gasteiger charge is 2.47. The van der Waals surface area contributed by atoms with Crippen molar-refractivity contribution in [2.24, 2.45) is 5.73 Å². The van der Waals surface area contributed by atoms with Gasteiger partial charge in [-0.1, -0.05) is 18.7 Å². The highest BCUT2D eigenvalue weighted by atomic mass is 32.2. The number of nitrogens with two attached hydrogens (primary N) is 1. The molecule has 7 heteroatoms. The highest BCUT2D eigenvalue weighted by molar-refractivity contribution is 8.01. The topological polar surface area (TPSA) is 80.9 Å². The summed E-state index contributed by atoms with van der Waals surface area (Å²) in [5.74, 6) is 0.715. The highest BCUT2D eigenvalue weighted by Crippen LogP contribution is 2.42. The van der Waals surface area contributed by atoms with Gasteiger partial charge in [0.25, 0.3) is 0 Å². The molecule has 0 saturated heterocycles. The van der Waals surface area contributed by atoms with Crippen LogP contribution in [-0.2, 0) is 11.2 Å². The summed E-state index contributed by atoms with van der Waals surface area (Å²) in [6.07, 6.45) is 5.87. The van der Waals surface area contributed by atoms with Crippen molar-refractivity contribution in [3.63, 3.8) is 0 Å². The average Bonchev–Trinajstić information content (AvgIpc) is 2.96. The molecular weight excluding hydrogens is 292 g/mol. The molecule has 2 aliphatic carbocycles. The van der Waals surface area contributed by atoms with Crippen molar-refractivity contribution in [1.29, 1.82) is 0 Å². The first-order valence-electron chi connectivity index (χ1n) is 7.18. The van der Waals surface area contributed by atoms with Gasteiger partial charge >= 0.3 is 0 Å². The van der Waals surface area contributed by atoms with Crippen molar-refractivity contribution in [3.05, 3.63) is 5.82 Å². The second-order valence-electron chi connectivity index (χ2n) is 5.68. The molecule has 1 aromatic rings. The molecule has 2 aliphatic rings. The Morgan fingerprint density at radius 2 is 2.35 bits per heavy atom. The number of nitrogens with one attached hydrogen (secondary N) is 1. The van der Waals surface area contributed by atoms with Crippen LogP contribution >= 0.6 is 23.3 Å². The Labute approximate surface area is 127 Å². The summed E-state index contributed by atoms with van der Waals surface area (Å²) in [5.41, 5.74) is 5.17. The third kappa shape index (κ3) is 2.99. The van der Waals surface area contributed by atoms with E-state index in [-0.39, 0.29) is 5.91 Å². The largest absolute Gasteiger partial charge is 0.368 e. The molecule has 20 heavy (non-hydrogen) atoms. The quantitative estimate of drug-likeness (QED) is 0.836. The lowest BCUT2D eigenvalue weighted by atomic mass is 9.96. The molecule has 0 spiro atoms. The van der Waals surface area contributed by atoms with Crippen LogP contribution in [0, 0.1) is 0 Å². The molecule has 1 amide bonds. The van der Waals surface area contributed by atoms with Gasteiger partial charge in [0, 0.05) is 17.7 Å². The Hall–Kier alpha value is -0.660. The molecule has 1 heterocycles. The Kier molecular flexibility index (Phi) is 4.01. The van der Waals surface area contributed by atoms with Crippen LogP contribution in [0.5, 0.6) is 0 Å². The summed E-state index contributed by atoms with van der Waals surface area (Å²) in [7, 11) is 0. The van der Waals surface area contributed by atoms with Crippen LogP contribution in [0.4, 0.5) is 0 Å². The number of aromatic nitrogens is 2. The van der Waals surface area contributed by atoms with Crippen molar-refractivity contribution in [2.75, 3.05) is 0 Å². The maximum atomic E-state index is 11.9. The summed E-state index contributed by atoms with van der Waals surface area (Å²) in [4.78, 5) is 16.4. The third-order valence-electron chi connectivity index (χ3n) is 4.03. The van der Waals surface area contributed by atoms with Crippen molar-refractivity contribution in [3.8, 4) is 0 Å². The molecule has 2 fully saturated rings. The van der Waals surface area contributed by atoms with Crippen molar-refractivity contribution >= 4 is 29.2 Å². The van der Waals surface area contributed by atoms with E-state index in [4.69, 9.17) is 5.73 Å². The number of hydrogen-bond donors (Lipinski definition) is 2. The van der Waals surface area contributed by atoms with Gasteiger partial charge in [-0.25, -0.2) is 4.98 Å². The molecule has 0 aliphatic heterocycles. The lowest BCUT2D eigenvalue weighted by molar-refractivity contribution is -0.124. The number of aryl methyl sites for hydroxylation is 1. The van der Waals surface area contributed by atoms with Crippen LogP contribution < -0.4 is 11.1 Å². The smallest absolute Gasteiger partial charge is 0.237 e. The average molecular weight is 312 g/mol. The van der Waals surface area contributed by atoms with Crippen LogP contribution in [0.1, 0.15) is 44.9 Å². The van der Waals surface area contributed by atoms with E-state index in [0.29, 0.717) is 11.3 Å². The fraction of sp³-hybridized carbons (Fsp3) is 0.769. The Balaban J connectivity index is 1.63. The van der Waals surface area contributed by atoms with Crippen molar-refractivity contribution in [2.45, 2.75) is 66.6 Å². The molecular formula is C13H20N4OS2. The van der Waals surface area contributed by atoms with E-state index in [1.807, 2.05) is 0 Å². The molecule has 2 atom stereocenters. The van der Waals surface area contributed by atoms with Gasteiger partial charge in [-0.05, 0) is 43.6 Å². The van der Waals surface area contributed by atoms with E-state index < -0.39 is 5.54 Å². The molecule has 0 radical (unpaired) electrons. The van der Waals surface area contributed by atoms with Gasteiger partial charge in [-0.2, -0.15) is 4.37 Å². The number of rotatable bonds is 6. The molecule has 0 bridgehead atoms. The Morgan fingerprint density at radius 1 is 1.55 bits per heavy atom. The molecule has 2 unspecified atom stereocenters. The Bertz CT molecular complexity index is 502. The first-order chi connectivity index (χ1) is 9.61. The summed E-state index contributed by atoms with van der Waals surface area (Å²) in [5, 5.41) is 3.89. The minimum atomic E-state index is -0.489. The van der Waals surface area contributed by atoms with Crippen molar-refractivity contribution in [1.82, 2.24) is 14.7 Å². The van der Waals surface area contributed by atoms with Gasteiger partial charge in [-0.15, -0.1) is 0 Å². The first kappa shape index (κ1) is 14.3. The molecule has 3 N–H and O–H groups in total. The van der Waals surface area contributed by atoms with Gasteiger partial charge in [0.15, 0.2) is 4.34 Å². The van der Waals surface area contributed by atoms with Crippen LogP contribution in [0.2, 0.25) is 0 Å². The molecule has 1 aromatic heterocycles. The molecule has 0 aromatic carbocycles. The number of hydrogen-bond acceptors (Lipinski definition) is 6. The van der Waals surface area contributed by atoms with Gasteiger partial charge in [0.1, 0.15) is 5.82 Å². The fourth-order valence-electron chi connectivity index (χ4n) is 2.72. The van der Waals surface area contributed by atoms with Crippen LogP contribution in [0.25, 0.3) is 0 Å². The standard InChI is InChI=1S/C13H20N4OS2/c1-2-10-15-12(20-17-10)19-9-5-6-13(7-9,11(14)18)16-8-3-4-8/h8-9,16H,2-7H2,1H3,(H2,14,18). The number of nitrogens with zero attached hydrogens (tertiary/aromatic N) is 2. The summed E-state index contributed by atoms with van der Waals surface area (Å²) in [6, 6.07) is 0.500. The monoisotopic (exact) mass is 312 g/mol. The van der Waals surface area contributed by atoms with E-state index in [2.05, 4.69) is 21.6 Å². The fourth-order valence-corrected chi connectivity index (χ4v) is 4.96. The van der Waals surface area contributed by atoms with E-state index in [0.717, 1.165) is 35.8 Å². The second kappa shape index (κ2) is 5.61. The van der Waals surface area contributed by atoms with Crippen LogP contribution in [0.15, 0.2) is 4.34 Å². The van der Waals surface area contributed by atoms with Crippen LogP contribution in [0.3, 0.4) is 0 Å². The summed E-state index contributed by atoms with van der Waals surface area (Å²) < 4.78 is 5.32. The minimum Gasteiger partial charge on any atom is -0.368 e. The SMILES string of the molecule is CCc1nsc(SC2CCC(NC3CC3)(C(N)=O)C2)n1.